The molecule has 1 unspecified atom stereocenters. The molecule has 0 spiro atoms. The summed E-state index contributed by atoms with van der Waals surface area (Å²) in [5.74, 6) is 0.669. The topological polar surface area (TPSA) is 62.7 Å². The number of hydrogen-bond acceptors (Lipinski definition) is 3. The number of esters is 1. The largest absolute Gasteiger partial charge is 0.466 e. The van der Waals surface area contributed by atoms with Crippen molar-refractivity contribution < 1.29 is 9.53 Å². The van der Waals surface area contributed by atoms with Crippen LogP contribution >= 0.6 is 24.0 Å². The number of unbranched alkanes of at least 4 members (excludes halogenated alkanes) is 2. The fraction of sp³-hybridized carbons (Fsp3) is 0.867. The van der Waals surface area contributed by atoms with E-state index in [-0.39, 0.29) is 29.9 Å². The van der Waals surface area contributed by atoms with Gasteiger partial charge in [-0.15, -0.1) is 24.0 Å². The van der Waals surface area contributed by atoms with Crippen LogP contribution in [0.3, 0.4) is 0 Å². The molecule has 0 bridgehead atoms. The molecule has 5 nitrogen and oxygen atoms in total. The van der Waals surface area contributed by atoms with Crippen molar-refractivity contribution in [2.45, 2.75) is 65.3 Å². The van der Waals surface area contributed by atoms with Crippen molar-refractivity contribution in [3.8, 4) is 0 Å². The molecular formula is C15H32IN3O2. The number of rotatable bonds is 10. The number of nitrogens with one attached hydrogen (secondary N) is 2. The molecule has 21 heavy (non-hydrogen) atoms. The monoisotopic (exact) mass is 413 g/mol. The van der Waals surface area contributed by atoms with Gasteiger partial charge in [-0.1, -0.05) is 26.2 Å². The fourth-order valence-electron chi connectivity index (χ4n) is 1.87. The lowest BCUT2D eigenvalue weighted by Gasteiger charge is -2.17. The number of nitrogens with zero attached hydrogens (tertiary/aromatic N) is 1. The number of aliphatic imine (C=N–C) groups is 1. The van der Waals surface area contributed by atoms with Gasteiger partial charge in [0.05, 0.1) is 6.61 Å². The summed E-state index contributed by atoms with van der Waals surface area (Å²) in [6, 6.07) is 0.415. The van der Waals surface area contributed by atoms with Crippen LogP contribution in [-0.2, 0) is 9.53 Å². The van der Waals surface area contributed by atoms with Crippen LogP contribution in [0.5, 0.6) is 0 Å². The highest BCUT2D eigenvalue weighted by Crippen LogP contribution is 2.02. The van der Waals surface area contributed by atoms with Crippen molar-refractivity contribution in [3.05, 3.63) is 0 Å². The highest BCUT2D eigenvalue weighted by atomic mass is 127. The number of carbonyl (C=O) groups is 1. The van der Waals surface area contributed by atoms with E-state index in [0.29, 0.717) is 19.1 Å². The quantitative estimate of drug-likeness (QED) is 0.190. The first-order chi connectivity index (χ1) is 9.63. The summed E-state index contributed by atoms with van der Waals surface area (Å²) < 4.78 is 4.88. The van der Waals surface area contributed by atoms with Gasteiger partial charge in [-0.3, -0.25) is 9.79 Å². The maximum Gasteiger partial charge on any atom is 0.305 e. The molecule has 0 radical (unpaired) electrons. The summed E-state index contributed by atoms with van der Waals surface area (Å²) in [5.41, 5.74) is 0. The van der Waals surface area contributed by atoms with Gasteiger partial charge < -0.3 is 15.4 Å². The maximum atomic E-state index is 11.2. The average molecular weight is 413 g/mol. The molecule has 1 atom stereocenters. The zero-order chi connectivity index (χ0) is 15.2. The van der Waals surface area contributed by atoms with Crippen molar-refractivity contribution >= 4 is 35.9 Å². The van der Waals surface area contributed by atoms with E-state index < -0.39 is 0 Å². The Balaban J connectivity index is 0. The van der Waals surface area contributed by atoms with Gasteiger partial charge in [-0.2, -0.15) is 0 Å². The van der Waals surface area contributed by atoms with E-state index in [0.717, 1.165) is 25.3 Å². The van der Waals surface area contributed by atoms with Gasteiger partial charge in [-0.05, 0) is 26.7 Å². The summed E-state index contributed by atoms with van der Waals surface area (Å²) in [7, 11) is 1.76. The first-order valence-corrected chi connectivity index (χ1v) is 7.76. The summed E-state index contributed by atoms with van der Waals surface area (Å²) in [5, 5.41) is 6.58. The Bertz CT molecular complexity index is 286. The first kappa shape index (κ1) is 22.7. The molecule has 0 aliphatic heterocycles. The SMILES string of the molecule is CCCCCC(C)NC(=NC)NCCCC(=O)OCC.I. The van der Waals surface area contributed by atoms with Crippen molar-refractivity contribution in [1.82, 2.24) is 10.6 Å². The second kappa shape index (κ2) is 15.9. The van der Waals surface area contributed by atoms with E-state index in [9.17, 15) is 4.79 Å². The van der Waals surface area contributed by atoms with Gasteiger partial charge in [-0.25, -0.2) is 0 Å². The maximum absolute atomic E-state index is 11.2. The Morgan fingerprint density at radius 3 is 2.52 bits per heavy atom. The van der Waals surface area contributed by atoms with Crippen LogP contribution < -0.4 is 10.6 Å². The lowest BCUT2D eigenvalue weighted by atomic mass is 10.1. The fourth-order valence-corrected chi connectivity index (χ4v) is 1.87. The minimum atomic E-state index is -0.134. The van der Waals surface area contributed by atoms with E-state index in [1.165, 1.54) is 19.3 Å². The highest BCUT2D eigenvalue weighted by molar-refractivity contribution is 14.0. The zero-order valence-corrected chi connectivity index (χ0v) is 16.2. The molecule has 6 heteroatoms. The predicted octanol–water partition coefficient (Wildman–Crippen LogP) is 3.08. The Morgan fingerprint density at radius 2 is 1.95 bits per heavy atom. The Kier molecular flexibility index (Phi) is 17.2. The van der Waals surface area contributed by atoms with Crippen LogP contribution in [0.15, 0.2) is 4.99 Å². The molecule has 126 valence electrons. The van der Waals surface area contributed by atoms with Crippen LogP contribution in [0, 0.1) is 0 Å². The summed E-state index contributed by atoms with van der Waals surface area (Å²) in [6.07, 6.45) is 6.11. The summed E-state index contributed by atoms with van der Waals surface area (Å²) in [6.45, 7) is 7.37. The Morgan fingerprint density at radius 1 is 1.24 bits per heavy atom. The molecule has 0 aliphatic rings. The minimum Gasteiger partial charge on any atom is -0.466 e. The number of halogens is 1. The van der Waals surface area contributed by atoms with Gasteiger partial charge in [0.2, 0.25) is 0 Å². The molecule has 0 aromatic rings. The molecule has 2 N–H and O–H groups in total. The lowest BCUT2D eigenvalue weighted by Crippen LogP contribution is -2.42. The van der Waals surface area contributed by atoms with Crippen molar-refractivity contribution in [3.63, 3.8) is 0 Å². The van der Waals surface area contributed by atoms with Crippen LogP contribution in [0.1, 0.15) is 59.3 Å². The van der Waals surface area contributed by atoms with Crippen LogP contribution in [0.4, 0.5) is 0 Å². The molecule has 0 rings (SSSR count). The molecule has 0 aromatic carbocycles. The summed E-state index contributed by atoms with van der Waals surface area (Å²) in [4.78, 5) is 15.4. The first-order valence-electron chi connectivity index (χ1n) is 7.76. The summed E-state index contributed by atoms with van der Waals surface area (Å²) >= 11 is 0. The minimum absolute atomic E-state index is 0. The third-order valence-electron chi connectivity index (χ3n) is 3.00. The van der Waals surface area contributed by atoms with Crippen molar-refractivity contribution in [1.29, 1.82) is 0 Å². The van der Waals surface area contributed by atoms with E-state index in [1.54, 1.807) is 7.05 Å². The third kappa shape index (κ3) is 14.2. The lowest BCUT2D eigenvalue weighted by molar-refractivity contribution is -0.143. The van der Waals surface area contributed by atoms with Crippen molar-refractivity contribution in [2.75, 3.05) is 20.2 Å². The van der Waals surface area contributed by atoms with Gasteiger partial charge in [0.25, 0.3) is 0 Å². The third-order valence-corrected chi connectivity index (χ3v) is 3.00. The van der Waals surface area contributed by atoms with Crippen molar-refractivity contribution in [2.24, 2.45) is 4.99 Å². The van der Waals surface area contributed by atoms with Crippen LogP contribution in [-0.4, -0.2) is 38.2 Å². The predicted molar refractivity (Wildman–Crippen MR) is 99.4 cm³/mol. The van der Waals surface area contributed by atoms with Gasteiger partial charge in [0.1, 0.15) is 0 Å². The van der Waals surface area contributed by atoms with E-state index in [4.69, 9.17) is 4.74 Å². The second-order valence-electron chi connectivity index (χ2n) is 4.95. The smallest absolute Gasteiger partial charge is 0.305 e. The number of hydrogen-bond donors (Lipinski definition) is 2. The van der Waals surface area contributed by atoms with Gasteiger partial charge in [0.15, 0.2) is 5.96 Å². The normalized spacial score (nSPS) is 12.3. The zero-order valence-electron chi connectivity index (χ0n) is 13.9. The molecule has 0 aromatic heterocycles. The molecule has 0 aliphatic carbocycles. The molecule has 0 heterocycles. The molecule has 0 fully saturated rings. The van der Waals surface area contributed by atoms with Gasteiger partial charge in [0, 0.05) is 26.1 Å². The molecule has 0 saturated carbocycles. The number of ether oxygens (including phenoxy) is 1. The standard InChI is InChI=1S/C15H31N3O2.HI/c1-5-7-8-10-13(3)18-15(16-4)17-12-9-11-14(19)20-6-2;/h13H,5-12H2,1-4H3,(H2,16,17,18);1H. The van der Waals surface area contributed by atoms with Gasteiger partial charge >= 0.3 is 5.97 Å². The Labute approximate surface area is 146 Å². The van der Waals surface area contributed by atoms with E-state index >= 15 is 0 Å². The highest BCUT2D eigenvalue weighted by Gasteiger charge is 2.05. The van der Waals surface area contributed by atoms with E-state index in [1.807, 2.05) is 6.92 Å². The molecule has 0 saturated heterocycles. The number of carbonyl (C=O) groups excluding carboxylic acids is 1. The molecule has 0 amide bonds. The average Bonchev–Trinajstić information content (AvgIpc) is 2.42. The van der Waals surface area contributed by atoms with Crippen LogP contribution in [0.25, 0.3) is 0 Å². The second-order valence-corrected chi connectivity index (χ2v) is 4.95. The van der Waals surface area contributed by atoms with E-state index in [2.05, 4.69) is 29.5 Å². The Hall–Kier alpha value is -0.530. The number of guanidine groups is 1. The molecular weight excluding hydrogens is 381 g/mol. The van der Waals surface area contributed by atoms with Crippen LogP contribution in [0.2, 0.25) is 0 Å².